The minimum Gasteiger partial charge on any atom is -0.318 e. The van der Waals surface area contributed by atoms with Gasteiger partial charge in [0.15, 0.2) is 5.69 Å². The number of H-pyrrole nitrogens is 1. The molecule has 1 aromatic carbocycles. The average Bonchev–Trinajstić information content (AvgIpc) is 3.10. The normalized spacial score (nSPS) is 10.9. The smallest absolute Gasteiger partial charge is 0.276 e. The second-order valence-corrected chi connectivity index (χ2v) is 5.57. The lowest BCUT2D eigenvalue weighted by molar-refractivity contribution is 0.102. The summed E-state index contributed by atoms with van der Waals surface area (Å²) in [5.74, 6) is -0.364. The van der Waals surface area contributed by atoms with Crippen molar-refractivity contribution in [3.63, 3.8) is 0 Å². The zero-order chi connectivity index (χ0) is 16.9. The second-order valence-electron chi connectivity index (χ2n) is 5.57. The number of aromatic amines is 1. The van der Waals surface area contributed by atoms with Crippen LogP contribution in [0.5, 0.6) is 0 Å². The molecule has 124 valence electrons. The van der Waals surface area contributed by atoms with Crippen LogP contribution in [0.2, 0.25) is 0 Å². The van der Waals surface area contributed by atoms with Gasteiger partial charge in [0, 0.05) is 18.1 Å². The molecule has 24 heavy (non-hydrogen) atoms. The molecule has 2 aromatic heterocycles. The lowest BCUT2D eigenvalue weighted by Gasteiger charge is -2.10. The topological polar surface area (TPSA) is 92.7 Å². The van der Waals surface area contributed by atoms with Gasteiger partial charge in [-0.15, -0.1) is 0 Å². The summed E-state index contributed by atoms with van der Waals surface area (Å²) in [6.07, 6.45) is 6.01. The zero-order valence-electron chi connectivity index (χ0n) is 13.5. The predicted molar refractivity (Wildman–Crippen MR) is 92.1 cm³/mol. The molecule has 0 aliphatic heterocycles. The van der Waals surface area contributed by atoms with Crippen molar-refractivity contribution >= 4 is 22.4 Å². The standard InChI is InChI=1S/C17H19N5O2/c1-2-3-6-9-22-17(24)14-8-5-4-7-13(14)15(21-22)16(23)20-12-10-18-19-11-12/h4-5,7-8,10-11H,2-3,6,9H2,1H3,(H,18,19)(H,20,23). The fraction of sp³-hybridized carbons (Fsp3) is 0.294. The van der Waals surface area contributed by atoms with Crippen molar-refractivity contribution in [2.45, 2.75) is 32.7 Å². The molecule has 7 nitrogen and oxygen atoms in total. The Morgan fingerprint density at radius 3 is 2.75 bits per heavy atom. The molecular formula is C17H19N5O2. The number of carbonyl (C=O) groups excluding carboxylic acids is 1. The van der Waals surface area contributed by atoms with Crippen LogP contribution in [0, 0.1) is 0 Å². The van der Waals surface area contributed by atoms with Gasteiger partial charge in [-0.2, -0.15) is 10.2 Å². The maximum absolute atomic E-state index is 12.6. The summed E-state index contributed by atoms with van der Waals surface area (Å²) < 4.78 is 1.39. The van der Waals surface area contributed by atoms with Crippen molar-refractivity contribution in [1.29, 1.82) is 0 Å². The zero-order valence-corrected chi connectivity index (χ0v) is 13.5. The highest BCUT2D eigenvalue weighted by Crippen LogP contribution is 2.15. The van der Waals surface area contributed by atoms with Gasteiger partial charge in [-0.25, -0.2) is 4.68 Å². The fourth-order valence-corrected chi connectivity index (χ4v) is 2.58. The van der Waals surface area contributed by atoms with E-state index >= 15 is 0 Å². The van der Waals surface area contributed by atoms with Crippen LogP contribution in [-0.2, 0) is 6.54 Å². The van der Waals surface area contributed by atoms with E-state index in [-0.39, 0.29) is 17.2 Å². The largest absolute Gasteiger partial charge is 0.318 e. The van der Waals surface area contributed by atoms with Crippen molar-refractivity contribution in [1.82, 2.24) is 20.0 Å². The number of fused-ring (bicyclic) bond motifs is 1. The van der Waals surface area contributed by atoms with E-state index in [1.165, 1.54) is 10.9 Å². The predicted octanol–water partition coefficient (Wildman–Crippen LogP) is 2.56. The first-order valence-electron chi connectivity index (χ1n) is 8.00. The summed E-state index contributed by atoms with van der Waals surface area (Å²) in [6.45, 7) is 2.60. The molecule has 3 rings (SSSR count). The number of carbonyl (C=O) groups is 1. The van der Waals surface area contributed by atoms with E-state index in [1.54, 1.807) is 30.5 Å². The van der Waals surface area contributed by atoms with E-state index < -0.39 is 0 Å². The molecule has 0 radical (unpaired) electrons. The van der Waals surface area contributed by atoms with Crippen LogP contribution in [0.15, 0.2) is 41.5 Å². The van der Waals surface area contributed by atoms with E-state index in [9.17, 15) is 9.59 Å². The summed E-state index contributed by atoms with van der Waals surface area (Å²) in [7, 11) is 0. The molecule has 0 atom stereocenters. The molecule has 0 saturated heterocycles. The van der Waals surface area contributed by atoms with Gasteiger partial charge in [-0.1, -0.05) is 38.0 Å². The van der Waals surface area contributed by atoms with Gasteiger partial charge in [-0.3, -0.25) is 14.7 Å². The Bertz CT molecular complexity index is 899. The summed E-state index contributed by atoms with van der Waals surface area (Å²) in [5.41, 5.74) is 0.624. The molecule has 1 amide bonds. The van der Waals surface area contributed by atoms with Crippen molar-refractivity contribution in [2.75, 3.05) is 5.32 Å². The summed E-state index contributed by atoms with van der Waals surface area (Å²) >= 11 is 0. The molecule has 0 fully saturated rings. The van der Waals surface area contributed by atoms with Crippen LogP contribution in [0.3, 0.4) is 0 Å². The molecule has 0 aliphatic carbocycles. The Balaban J connectivity index is 2.03. The number of hydrogen-bond donors (Lipinski definition) is 2. The number of anilines is 1. The van der Waals surface area contributed by atoms with Gasteiger partial charge in [-0.05, 0) is 12.5 Å². The fourth-order valence-electron chi connectivity index (χ4n) is 2.58. The third kappa shape index (κ3) is 3.19. The van der Waals surface area contributed by atoms with Crippen LogP contribution in [0.1, 0.15) is 36.7 Å². The van der Waals surface area contributed by atoms with Crippen LogP contribution in [0.25, 0.3) is 10.8 Å². The first-order chi connectivity index (χ1) is 11.7. The van der Waals surface area contributed by atoms with Crippen LogP contribution < -0.4 is 10.9 Å². The van der Waals surface area contributed by atoms with Gasteiger partial charge < -0.3 is 5.32 Å². The Kier molecular flexibility index (Phi) is 4.69. The molecule has 7 heteroatoms. The van der Waals surface area contributed by atoms with Crippen molar-refractivity contribution in [3.05, 3.63) is 52.7 Å². The number of aromatic nitrogens is 4. The number of benzene rings is 1. The van der Waals surface area contributed by atoms with Crippen molar-refractivity contribution in [3.8, 4) is 0 Å². The van der Waals surface area contributed by atoms with Crippen molar-refractivity contribution < 1.29 is 4.79 Å². The van der Waals surface area contributed by atoms with E-state index in [0.29, 0.717) is 23.0 Å². The van der Waals surface area contributed by atoms with Crippen molar-refractivity contribution in [2.24, 2.45) is 0 Å². The van der Waals surface area contributed by atoms with Crippen LogP contribution in [-0.4, -0.2) is 25.9 Å². The highest BCUT2D eigenvalue weighted by atomic mass is 16.2. The van der Waals surface area contributed by atoms with Gasteiger partial charge in [0.05, 0.1) is 17.3 Å². The van der Waals surface area contributed by atoms with Gasteiger partial charge >= 0.3 is 0 Å². The average molecular weight is 325 g/mol. The van der Waals surface area contributed by atoms with Gasteiger partial charge in [0.25, 0.3) is 11.5 Å². The number of aryl methyl sites for hydroxylation is 1. The maximum atomic E-state index is 12.6. The molecule has 2 N–H and O–H groups in total. The highest BCUT2D eigenvalue weighted by Gasteiger charge is 2.17. The number of hydrogen-bond acceptors (Lipinski definition) is 4. The number of nitrogens with zero attached hydrogens (tertiary/aromatic N) is 3. The lowest BCUT2D eigenvalue weighted by atomic mass is 10.1. The summed E-state index contributed by atoms with van der Waals surface area (Å²) in [4.78, 5) is 25.2. The highest BCUT2D eigenvalue weighted by molar-refractivity contribution is 6.10. The third-order valence-electron chi connectivity index (χ3n) is 3.81. The second kappa shape index (κ2) is 7.08. The summed E-state index contributed by atoms with van der Waals surface area (Å²) in [5, 5.41) is 14.5. The molecule has 0 bridgehead atoms. The van der Waals surface area contributed by atoms with Gasteiger partial charge in [0.1, 0.15) is 0 Å². The Morgan fingerprint density at radius 2 is 2.04 bits per heavy atom. The number of nitrogens with one attached hydrogen (secondary N) is 2. The Morgan fingerprint density at radius 1 is 1.25 bits per heavy atom. The Labute approximate surface area is 138 Å². The third-order valence-corrected chi connectivity index (χ3v) is 3.81. The molecule has 3 aromatic rings. The number of unbranched alkanes of at least 4 members (excludes halogenated alkanes) is 2. The SMILES string of the molecule is CCCCCn1nc(C(=O)Nc2cn[nH]c2)c2ccccc2c1=O. The molecule has 0 saturated carbocycles. The summed E-state index contributed by atoms with van der Waals surface area (Å²) in [6, 6.07) is 7.05. The Hall–Kier alpha value is -2.96. The minimum absolute atomic E-state index is 0.165. The van der Waals surface area contributed by atoms with E-state index in [4.69, 9.17) is 0 Å². The molecular weight excluding hydrogens is 306 g/mol. The quantitative estimate of drug-likeness (QED) is 0.681. The monoisotopic (exact) mass is 325 g/mol. The first kappa shape index (κ1) is 15.9. The van der Waals surface area contributed by atoms with Crippen LogP contribution in [0.4, 0.5) is 5.69 Å². The lowest BCUT2D eigenvalue weighted by Crippen LogP contribution is -2.27. The van der Waals surface area contributed by atoms with E-state index in [0.717, 1.165) is 19.3 Å². The van der Waals surface area contributed by atoms with E-state index in [2.05, 4.69) is 27.5 Å². The molecule has 0 spiro atoms. The van der Waals surface area contributed by atoms with Crippen LogP contribution >= 0.6 is 0 Å². The maximum Gasteiger partial charge on any atom is 0.276 e. The molecule has 2 heterocycles. The first-order valence-corrected chi connectivity index (χ1v) is 8.00. The number of rotatable bonds is 6. The minimum atomic E-state index is -0.364. The molecule has 0 unspecified atom stereocenters. The van der Waals surface area contributed by atoms with E-state index in [1.807, 2.05) is 0 Å². The van der Waals surface area contributed by atoms with Gasteiger partial charge in [0.2, 0.25) is 0 Å². The molecule has 0 aliphatic rings. The number of amides is 1.